The van der Waals surface area contributed by atoms with Crippen LogP contribution in [0, 0.1) is 6.92 Å². The number of aromatic nitrogens is 1. The Hall–Kier alpha value is -11.4. The minimum absolute atomic E-state index is 0.0994. The van der Waals surface area contributed by atoms with Crippen LogP contribution in [0.1, 0.15) is 165 Å². The molecule has 12 rings (SSSR count). The van der Waals surface area contributed by atoms with E-state index in [0.29, 0.717) is 107 Å². The minimum atomic E-state index is -3.67. The Morgan fingerprint density at radius 1 is 0.429 bits per heavy atom. The summed E-state index contributed by atoms with van der Waals surface area (Å²) in [6.07, 6.45) is -0.375. The first kappa shape index (κ1) is 105. The first-order valence-electron chi connectivity index (χ1n) is 43.3. The molecule has 716 valence electrons. The van der Waals surface area contributed by atoms with E-state index in [9.17, 15) is 66.1 Å². The summed E-state index contributed by atoms with van der Waals surface area (Å²) in [6.45, 7) is 38.3. The fourth-order valence-electron chi connectivity index (χ4n) is 12.6. The van der Waals surface area contributed by atoms with Crippen molar-refractivity contribution in [2.75, 3.05) is 129 Å². The van der Waals surface area contributed by atoms with Crippen molar-refractivity contribution in [1.29, 1.82) is 0 Å². The van der Waals surface area contributed by atoms with E-state index in [2.05, 4.69) is 69.0 Å². The molecule has 0 spiro atoms. The number of piperazine rings is 1. The molecule has 31 nitrogen and oxygen atoms in total. The van der Waals surface area contributed by atoms with Crippen molar-refractivity contribution in [2.24, 2.45) is 0 Å². The summed E-state index contributed by atoms with van der Waals surface area (Å²) in [5.74, 6) is -1.14. The molecule has 0 radical (unpaired) electrons. The monoisotopic (exact) mass is 1940 g/mol. The maximum atomic E-state index is 13.0. The van der Waals surface area contributed by atoms with E-state index in [1.54, 1.807) is 174 Å². The van der Waals surface area contributed by atoms with E-state index in [4.69, 9.17) is 19.2 Å². The van der Waals surface area contributed by atoms with Gasteiger partial charge in [0.15, 0.2) is 0 Å². The molecule has 0 bridgehead atoms. The number of morpholine rings is 1. The molecule has 10 aromatic rings. The highest BCUT2D eigenvalue weighted by Crippen LogP contribution is 2.34. The van der Waals surface area contributed by atoms with Crippen LogP contribution in [0.3, 0.4) is 0 Å². The molecule has 2 fully saturated rings. The Morgan fingerprint density at radius 3 is 1.07 bits per heavy atom. The number of carbonyl (C=O) groups is 5. The molecule has 0 aliphatic carbocycles. The van der Waals surface area contributed by atoms with Crippen molar-refractivity contribution in [1.82, 2.24) is 14.2 Å². The number of nitrogens with zero attached hydrogens (tertiary/aromatic N) is 5. The van der Waals surface area contributed by atoms with E-state index in [1.165, 1.54) is 58.4 Å². The first-order chi connectivity index (χ1) is 62.2. The second kappa shape index (κ2) is 45.1. The molecule has 1 aromatic heterocycles. The van der Waals surface area contributed by atoms with Gasteiger partial charge in [-0.3, -0.25) is 42.9 Å². The third-order valence-corrected chi connectivity index (χ3v) is 32.4. The smallest absolute Gasteiger partial charge is 0.255 e. The molecule has 37 heteroatoms. The standard InChI is InChI=1S/C25H37N3O5S.C25H25N3O3S2.C23H30N4O4S.C23H31N3O6S2/c1-6-32-18-16-28(17-19-33-7-2)23-14-12-21(13-15-23)26-24(29)20-8-10-22(11-9-20)27-34(30,31)25(3,4)5;1-16-5-14-21-22(15-16)32-24(27-21)18-8-10-19(11-9-18)26-23(29)17-6-12-20(13-7-17)28-33(30,31)25(2,3)4;1-17(28)26-13-15-27(16-14-26)21-11-9-19(10-12-21)24-22(29)18-5-7-20(8-6-18)25-32(30,31)23(2,3)4;1-16-14-26(15-17(2)32-16)33(28,29)21-12-10-19(11-13-21)24-22(27)18-6-8-20(9-7-18)25-34(30,31)23(3,4)5/h8-15,27H,6-7,16-19H2,1-5H3,(H,26,29);5-15,28H,1-4H3,(H,26,29);5-12,25H,13-16H2,1-4H3,(H,24,29);6-13,16-17,25H,14-15H2,1-5H3,(H,24,27)/t;;;16-,17+. The summed E-state index contributed by atoms with van der Waals surface area (Å²) >= 11 is 1.64. The van der Waals surface area contributed by atoms with Crippen LogP contribution in [0.4, 0.5) is 56.9 Å². The number of benzene rings is 9. The molecule has 2 saturated heterocycles. The summed E-state index contributed by atoms with van der Waals surface area (Å²) in [6, 6.07) is 60.0. The van der Waals surface area contributed by atoms with Crippen molar-refractivity contribution < 1.29 is 80.3 Å². The third kappa shape index (κ3) is 30.1. The largest absolute Gasteiger partial charge is 0.380 e. The zero-order valence-electron chi connectivity index (χ0n) is 78.4. The molecule has 133 heavy (non-hydrogen) atoms. The fraction of sp³-hybridized carbons (Fsp3) is 0.375. The molecule has 0 unspecified atom stereocenters. The Balaban J connectivity index is 0.000000199. The predicted molar refractivity (Wildman–Crippen MR) is 534 cm³/mol. The number of ether oxygens (including phenoxy) is 3. The van der Waals surface area contributed by atoms with Crippen LogP contribution >= 0.6 is 11.3 Å². The zero-order valence-corrected chi connectivity index (χ0v) is 83.3. The van der Waals surface area contributed by atoms with Crippen molar-refractivity contribution >= 4 is 158 Å². The van der Waals surface area contributed by atoms with Gasteiger partial charge in [-0.25, -0.2) is 47.1 Å². The van der Waals surface area contributed by atoms with Crippen LogP contribution in [0.15, 0.2) is 217 Å². The number of anilines is 10. The topological polar surface area (TPSA) is 406 Å². The second-order valence-corrected chi connectivity index (χ2v) is 48.3. The lowest BCUT2D eigenvalue weighted by Gasteiger charge is -2.35. The lowest BCUT2D eigenvalue weighted by atomic mass is 10.1. The molecule has 2 atom stereocenters. The SMILES string of the molecule is CC(=O)N1CCN(c2ccc(NC(=O)c3ccc(NS(=O)(=O)C(C)(C)C)cc3)cc2)CC1.CCOCCN(CCOCC)c1ccc(NC(=O)c2ccc(NS(=O)(=O)C(C)(C)C)cc2)cc1.C[C@@H]1CN(S(=O)(=O)c2ccc(NC(=O)c3ccc(NS(=O)(=O)C(C)(C)C)cc3)cc2)C[C@H](C)O1.Cc1ccc2nc(-c3ccc(NC(=O)c4ccc(NS(=O)(=O)C(C)(C)C)cc4)cc3)sc2c1. The van der Waals surface area contributed by atoms with Gasteiger partial charge in [0.05, 0.1) is 59.5 Å². The average molecular weight is 1940 g/mol. The van der Waals surface area contributed by atoms with Crippen molar-refractivity contribution in [2.45, 2.75) is 161 Å². The Morgan fingerprint density at radius 2 is 0.744 bits per heavy atom. The van der Waals surface area contributed by atoms with Gasteiger partial charge >= 0.3 is 0 Å². The van der Waals surface area contributed by atoms with E-state index < -0.39 is 75.0 Å². The molecule has 9 aromatic carbocycles. The average Bonchev–Trinajstić information content (AvgIpc) is 1.50. The first-order valence-corrected chi connectivity index (χ1v) is 51.5. The molecule has 8 N–H and O–H groups in total. The molecular formula is C96H123N13O18S6. The van der Waals surface area contributed by atoms with E-state index in [0.717, 1.165) is 58.3 Å². The van der Waals surface area contributed by atoms with Crippen LogP contribution < -0.4 is 50.0 Å². The number of nitrogens with one attached hydrogen (secondary N) is 8. The van der Waals surface area contributed by atoms with Crippen LogP contribution in [0.25, 0.3) is 20.8 Å². The van der Waals surface area contributed by atoms with Crippen LogP contribution in [0.2, 0.25) is 0 Å². The lowest BCUT2D eigenvalue weighted by molar-refractivity contribution is -0.129. The van der Waals surface area contributed by atoms with Crippen LogP contribution in [-0.4, -0.2) is 196 Å². The van der Waals surface area contributed by atoms with E-state index in [1.807, 2.05) is 111 Å². The highest BCUT2D eigenvalue weighted by atomic mass is 32.2. The van der Waals surface area contributed by atoms with Gasteiger partial charge in [-0.1, -0.05) is 6.07 Å². The molecule has 2 aliphatic rings. The number of sulfonamides is 5. The number of hydrogen-bond donors (Lipinski definition) is 8. The van der Waals surface area contributed by atoms with Crippen molar-refractivity contribution in [3.63, 3.8) is 0 Å². The Bertz CT molecular complexity index is 6230. The number of fused-ring (bicyclic) bond motifs is 1. The molecule has 2 aliphatic heterocycles. The second-order valence-electron chi connectivity index (χ2n) is 35.6. The van der Waals surface area contributed by atoms with Gasteiger partial charge in [0, 0.05) is 157 Å². The van der Waals surface area contributed by atoms with E-state index in [-0.39, 0.29) is 53.8 Å². The molecule has 5 amide bonds. The summed E-state index contributed by atoms with van der Waals surface area (Å²) in [4.78, 5) is 72.9. The summed E-state index contributed by atoms with van der Waals surface area (Å²) < 4.78 is 150. The van der Waals surface area contributed by atoms with Gasteiger partial charge in [-0.15, -0.1) is 11.3 Å². The number of thiazole rings is 1. The van der Waals surface area contributed by atoms with Gasteiger partial charge in [-0.05, 0) is 330 Å². The number of hydrogen-bond acceptors (Lipinski definition) is 22. The number of amides is 5. The summed E-state index contributed by atoms with van der Waals surface area (Å²) in [5.41, 5.74) is 10.9. The van der Waals surface area contributed by atoms with Crippen LogP contribution in [-0.2, 0) is 69.1 Å². The minimum Gasteiger partial charge on any atom is -0.380 e. The molecule has 0 saturated carbocycles. The third-order valence-electron chi connectivity index (χ3n) is 21.0. The number of aryl methyl sites for hydroxylation is 1. The maximum Gasteiger partial charge on any atom is 0.255 e. The van der Waals surface area contributed by atoms with Gasteiger partial charge in [0.1, 0.15) is 5.01 Å². The fourth-order valence-corrected chi connectivity index (χ4v) is 18.3. The highest BCUT2D eigenvalue weighted by molar-refractivity contribution is 7.95. The number of rotatable bonds is 29. The zero-order chi connectivity index (χ0) is 97.8. The predicted octanol–water partition coefficient (Wildman–Crippen LogP) is 16.8. The molecular weight excluding hydrogens is 1820 g/mol. The van der Waals surface area contributed by atoms with Crippen molar-refractivity contribution in [3.05, 3.63) is 240 Å². The van der Waals surface area contributed by atoms with Gasteiger partial charge in [-0.2, -0.15) is 4.31 Å². The van der Waals surface area contributed by atoms with Crippen molar-refractivity contribution in [3.8, 4) is 10.6 Å². The lowest BCUT2D eigenvalue weighted by Crippen LogP contribution is -2.48. The number of carbonyl (C=O) groups excluding carboxylic acids is 5. The quantitative estimate of drug-likeness (QED) is 0.0202. The normalized spacial score (nSPS) is 14.7. The molecule has 3 heterocycles. The highest BCUT2D eigenvalue weighted by Gasteiger charge is 2.35. The summed E-state index contributed by atoms with van der Waals surface area (Å²) in [7, 11) is -17.8. The van der Waals surface area contributed by atoms with Crippen LogP contribution in [0.5, 0.6) is 0 Å². The van der Waals surface area contributed by atoms with E-state index >= 15 is 0 Å². The van der Waals surface area contributed by atoms with Gasteiger partial charge < -0.3 is 50.2 Å². The Kier molecular flexibility index (Phi) is 35.7. The van der Waals surface area contributed by atoms with Gasteiger partial charge in [0.25, 0.3) is 23.6 Å². The van der Waals surface area contributed by atoms with Gasteiger partial charge in [0.2, 0.25) is 56.0 Å². The summed E-state index contributed by atoms with van der Waals surface area (Å²) in [5, 5.41) is 12.2. The Labute approximate surface area is 787 Å². The maximum absolute atomic E-state index is 13.0.